The van der Waals surface area contributed by atoms with Crippen LogP contribution in [0.4, 0.5) is 17.1 Å². The summed E-state index contributed by atoms with van der Waals surface area (Å²) in [6.07, 6.45) is 0.364. The highest BCUT2D eigenvalue weighted by Gasteiger charge is 2.24. The number of hydrogen-bond donors (Lipinski definition) is 1. The molecular weight excluding hydrogens is 262 g/mol. The highest BCUT2D eigenvalue weighted by Crippen LogP contribution is 2.33. The maximum atomic E-state index is 10.9. The van der Waals surface area contributed by atoms with Gasteiger partial charge in [-0.1, -0.05) is 30.3 Å². The SMILES string of the molecule is Nc1c([N+](=O)[O-])cc(Cc2ccccc2)cc1[N+](=O)[O-]. The lowest BCUT2D eigenvalue weighted by Crippen LogP contribution is -2.03. The van der Waals surface area contributed by atoms with Gasteiger partial charge in [0.05, 0.1) is 9.85 Å². The second-order valence-corrected chi connectivity index (χ2v) is 4.22. The number of nitrogens with two attached hydrogens (primary N) is 1. The fraction of sp³-hybridized carbons (Fsp3) is 0.0769. The lowest BCUT2D eigenvalue weighted by molar-refractivity contribution is -0.392. The van der Waals surface area contributed by atoms with Crippen LogP contribution in [0, 0.1) is 20.2 Å². The molecule has 2 rings (SSSR count). The average molecular weight is 273 g/mol. The summed E-state index contributed by atoms with van der Waals surface area (Å²) in [7, 11) is 0. The topological polar surface area (TPSA) is 112 Å². The largest absolute Gasteiger partial charge is 0.388 e. The van der Waals surface area contributed by atoms with Crippen LogP contribution in [0.1, 0.15) is 11.1 Å². The van der Waals surface area contributed by atoms with E-state index in [1.54, 1.807) is 0 Å². The van der Waals surface area contributed by atoms with Gasteiger partial charge in [0.2, 0.25) is 0 Å². The summed E-state index contributed by atoms with van der Waals surface area (Å²) in [5, 5.41) is 21.8. The van der Waals surface area contributed by atoms with Crippen LogP contribution >= 0.6 is 0 Å². The quantitative estimate of drug-likeness (QED) is 0.522. The first kappa shape index (κ1) is 13.5. The molecule has 0 amide bonds. The lowest BCUT2D eigenvalue weighted by Gasteiger charge is -2.05. The van der Waals surface area contributed by atoms with Crippen molar-refractivity contribution in [2.75, 3.05) is 5.73 Å². The van der Waals surface area contributed by atoms with Gasteiger partial charge in [-0.25, -0.2) is 0 Å². The van der Waals surface area contributed by atoms with Gasteiger partial charge in [-0.3, -0.25) is 20.2 Å². The second-order valence-electron chi connectivity index (χ2n) is 4.22. The molecule has 0 radical (unpaired) electrons. The normalized spacial score (nSPS) is 10.2. The van der Waals surface area contributed by atoms with Gasteiger partial charge in [-0.05, 0) is 17.5 Å². The fourth-order valence-corrected chi connectivity index (χ4v) is 1.92. The smallest absolute Gasteiger partial charge is 0.299 e. The van der Waals surface area contributed by atoms with Crippen LogP contribution in [0.2, 0.25) is 0 Å². The Balaban J connectivity index is 2.49. The number of benzene rings is 2. The number of nitrogens with zero attached hydrogens (tertiary/aromatic N) is 2. The number of hydrogen-bond acceptors (Lipinski definition) is 5. The van der Waals surface area contributed by atoms with Gasteiger partial charge >= 0.3 is 0 Å². The molecule has 0 aliphatic heterocycles. The van der Waals surface area contributed by atoms with E-state index in [0.717, 1.165) is 5.56 Å². The zero-order valence-electron chi connectivity index (χ0n) is 10.4. The number of rotatable bonds is 4. The molecule has 0 atom stereocenters. The molecule has 2 aromatic rings. The Morgan fingerprint density at radius 1 is 0.900 bits per heavy atom. The van der Waals surface area contributed by atoms with Gasteiger partial charge < -0.3 is 5.73 Å². The van der Waals surface area contributed by atoms with Gasteiger partial charge in [0.25, 0.3) is 11.4 Å². The Kier molecular flexibility index (Phi) is 3.60. The van der Waals surface area contributed by atoms with Crippen molar-refractivity contribution >= 4 is 17.1 Å². The maximum Gasteiger partial charge on any atom is 0.299 e. The Morgan fingerprint density at radius 2 is 1.40 bits per heavy atom. The Labute approximate surface area is 113 Å². The van der Waals surface area contributed by atoms with Crippen molar-refractivity contribution in [2.45, 2.75) is 6.42 Å². The van der Waals surface area contributed by atoms with E-state index in [0.29, 0.717) is 12.0 Å². The monoisotopic (exact) mass is 273 g/mol. The molecule has 0 heterocycles. The first-order valence-corrected chi connectivity index (χ1v) is 5.74. The Morgan fingerprint density at radius 3 is 1.85 bits per heavy atom. The van der Waals surface area contributed by atoms with E-state index in [-0.39, 0.29) is 0 Å². The summed E-state index contributed by atoms with van der Waals surface area (Å²) in [6, 6.07) is 11.7. The van der Waals surface area contributed by atoms with Crippen LogP contribution in [0.15, 0.2) is 42.5 Å². The summed E-state index contributed by atoms with van der Waals surface area (Å²) >= 11 is 0. The predicted octanol–water partition coefficient (Wildman–Crippen LogP) is 2.68. The summed E-state index contributed by atoms with van der Waals surface area (Å²) in [4.78, 5) is 20.4. The molecule has 7 nitrogen and oxygen atoms in total. The lowest BCUT2D eigenvalue weighted by atomic mass is 10.0. The molecule has 0 spiro atoms. The van der Waals surface area contributed by atoms with Crippen LogP contribution in [0.5, 0.6) is 0 Å². The maximum absolute atomic E-state index is 10.9. The second kappa shape index (κ2) is 5.35. The molecular formula is C13H11N3O4. The van der Waals surface area contributed by atoms with Crippen molar-refractivity contribution in [2.24, 2.45) is 0 Å². The van der Waals surface area contributed by atoms with E-state index >= 15 is 0 Å². The van der Waals surface area contributed by atoms with Crippen LogP contribution in [0.3, 0.4) is 0 Å². The molecule has 20 heavy (non-hydrogen) atoms. The van der Waals surface area contributed by atoms with Crippen molar-refractivity contribution < 1.29 is 9.85 Å². The van der Waals surface area contributed by atoms with Crippen LogP contribution < -0.4 is 5.73 Å². The van der Waals surface area contributed by atoms with Crippen molar-refractivity contribution in [3.63, 3.8) is 0 Å². The summed E-state index contributed by atoms with van der Waals surface area (Å²) < 4.78 is 0. The minimum Gasteiger partial charge on any atom is -0.388 e. The van der Waals surface area contributed by atoms with Crippen molar-refractivity contribution in [3.05, 3.63) is 73.8 Å². The van der Waals surface area contributed by atoms with E-state index < -0.39 is 26.9 Å². The zero-order chi connectivity index (χ0) is 14.7. The molecule has 0 aliphatic rings. The molecule has 2 N–H and O–H groups in total. The van der Waals surface area contributed by atoms with E-state index in [9.17, 15) is 20.2 Å². The van der Waals surface area contributed by atoms with E-state index in [4.69, 9.17) is 5.73 Å². The standard InChI is InChI=1S/C13H11N3O4/c14-13-11(15(17)18)7-10(8-12(13)16(19)20)6-9-4-2-1-3-5-9/h1-5,7-8H,6,14H2. The molecule has 7 heteroatoms. The molecule has 0 unspecified atom stereocenters. The predicted molar refractivity (Wildman–Crippen MR) is 73.4 cm³/mol. The van der Waals surface area contributed by atoms with Crippen molar-refractivity contribution in [1.82, 2.24) is 0 Å². The molecule has 0 aliphatic carbocycles. The number of anilines is 1. The van der Waals surface area contributed by atoms with Crippen LogP contribution in [0.25, 0.3) is 0 Å². The molecule has 0 bridgehead atoms. The van der Waals surface area contributed by atoms with Gasteiger partial charge in [-0.15, -0.1) is 0 Å². The minimum atomic E-state index is -0.711. The molecule has 0 saturated carbocycles. The molecule has 0 fully saturated rings. The summed E-state index contributed by atoms with van der Waals surface area (Å²) in [6.45, 7) is 0. The van der Waals surface area contributed by atoms with E-state index in [1.807, 2.05) is 30.3 Å². The number of nitro benzene ring substituents is 2. The van der Waals surface area contributed by atoms with Gasteiger partial charge in [0, 0.05) is 12.1 Å². The van der Waals surface area contributed by atoms with Crippen molar-refractivity contribution in [3.8, 4) is 0 Å². The van der Waals surface area contributed by atoms with Crippen LogP contribution in [-0.2, 0) is 6.42 Å². The first-order chi connectivity index (χ1) is 9.49. The summed E-state index contributed by atoms with van der Waals surface area (Å²) in [5.41, 5.74) is 5.54. The Hall–Kier alpha value is -2.96. The third kappa shape index (κ3) is 2.72. The fourth-order valence-electron chi connectivity index (χ4n) is 1.92. The number of nitrogen functional groups attached to an aromatic ring is 1. The first-order valence-electron chi connectivity index (χ1n) is 5.74. The van der Waals surface area contributed by atoms with Crippen LogP contribution in [-0.4, -0.2) is 9.85 Å². The van der Waals surface area contributed by atoms with E-state index in [2.05, 4.69) is 0 Å². The summed E-state index contributed by atoms with van der Waals surface area (Å²) in [5.74, 6) is 0. The van der Waals surface area contributed by atoms with E-state index in [1.165, 1.54) is 12.1 Å². The minimum absolute atomic E-state index is 0.364. The third-order valence-corrected chi connectivity index (χ3v) is 2.84. The average Bonchev–Trinajstić information content (AvgIpc) is 2.41. The molecule has 0 aromatic heterocycles. The zero-order valence-corrected chi connectivity index (χ0v) is 10.4. The Bertz CT molecular complexity index is 636. The van der Waals surface area contributed by atoms with Gasteiger partial charge in [-0.2, -0.15) is 0 Å². The molecule has 0 saturated heterocycles. The highest BCUT2D eigenvalue weighted by molar-refractivity contribution is 5.72. The third-order valence-electron chi connectivity index (χ3n) is 2.84. The molecule has 102 valence electrons. The highest BCUT2D eigenvalue weighted by atomic mass is 16.6. The van der Waals surface area contributed by atoms with Crippen molar-refractivity contribution in [1.29, 1.82) is 0 Å². The molecule has 2 aromatic carbocycles. The number of nitro groups is 2. The van der Waals surface area contributed by atoms with Gasteiger partial charge in [0.15, 0.2) is 5.69 Å². The van der Waals surface area contributed by atoms with Gasteiger partial charge in [0.1, 0.15) is 0 Å².